The Hall–Kier alpha value is -1.19. The molecule has 0 saturated heterocycles. The Morgan fingerprint density at radius 3 is 2.22 bits per heavy atom. The van der Waals surface area contributed by atoms with Gasteiger partial charge in [-0.05, 0) is 18.1 Å². The van der Waals surface area contributed by atoms with Gasteiger partial charge < -0.3 is 14.5 Å². The fourth-order valence-corrected chi connectivity index (χ4v) is 2.44. The van der Waals surface area contributed by atoms with Crippen LogP contribution in [0.5, 0.6) is 5.75 Å². The predicted molar refractivity (Wildman–Crippen MR) is 94.5 cm³/mol. The zero-order valence-corrected chi connectivity index (χ0v) is 15.8. The molecule has 1 saturated carbocycles. The molecule has 1 aliphatic rings. The van der Waals surface area contributed by atoms with Crippen molar-refractivity contribution in [3.63, 3.8) is 0 Å². The highest BCUT2D eigenvalue weighted by atomic mass is 127. The fraction of sp³-hybridized carbons (Fsp3) is 0.533. The molecule has 0 N–H and O–H groups in total. The van der Waals surface area contributed by atoms with Gasteiger partial charge in [-0.2, -0.15) is 0 Å². The Bertz CT molecular complexity index is 551. The van der Waals surface area contributed by atoms with Crippen LogP contribution in [0.25, 0.3) is 0 Å². The lowest BCUT2D eigenvalue weighted by Crippen LogP contribution is -2.35. The molecule has 1 aliphatic carbocycles. The van der Waals surface area contributed by atoms with E-state index in [4.69, 9.17) is 0 Å². The second-order valence-electron chi connectivity index (χ2n) is 5.71. The molecule has 0 amide bonds. The number of aliphatic imine (C=N–C) groups is 1. The van der Waals surface area contributed by atoms with Crippen molar-refractivity contribution in [1.82, 2.24) is 9.80 Å². The van der Waals surface area contributed by atoms with Crippen molar-refractivity contribution in [3.8, 4) is 5.75 Å². The third kappa shape index (κ3) is 5.43. The van der Waals surface area contributed by atoms with Crippen LogP contribution in [0.1, 0.15) is 17.9 Å². The van der Waals surface area contributed by atoms with E-state index in [0.717, 1.165) is 12.4 Å². The van der Waals surface area contributed by atoms with Gasteiger partial charge in [0.05, 0.1) is 6.04 Å². The van der Waals surface area contributed by atoms with Crippen LogP contribution in [0, 0.1) is 0 Å². The first-order valence-electron chi connectivity index (χ1n) is 6.96. The molecule has 2 rings (SSSR count). The van der Waals surface area contributed by atoms with Gasteiger partial charge in [0.2, 0.25) is 0 Å². The number of hydrogen-bond donors (Lipinski definition) is 0. The average molecular weight is 443 g/mol. The van der Waals surface area contributed by atoms with Crippen molar-refractivity contribution >= 4 is 29.9 Å². The smallest absolute Gasteiger partial charge is 0.405 e. The van der Waals surface area contributed by atoms with Gasteiger partial charge in [-0.25, -0.2) is 4.99 Å². The second-order valence-corrected chi connectivity index (χ2v) is 5.71. The van der Waals surface area contributed by atoms with Gasteiger partial charge in [0, 0.05) is 34.1 Å². The highest BCUT2D eigenvalue weighted by Gasteiger charge is 2.42. The molecule has 2 atom stereocenters. The Kier molecular flexibility index (Phi) is 6.55. The number of benzene rings is 1. The van der Waals surface area contributed by atoms with E-state index in [9.17, 15) is 13.2 Å². The number of halogens is 4. The highest BCUT2D eigenvalue weighted by molar-refractivity contribution is 14.0. The van der Waals surface area contributed by atoms with E-state index in [2.05, 4.69) is 9.73 Å². The minimum absolute atomic E-state index is 0. The first kappa shape index (κ1) is 19.9. The van der Waals surface area contributed by atoms with Gasteiger partial charge >= 0.3 is 6.36 Å². The Morgan fingerprint density at radius 1 is 1.13 bits per heavy atom. The first-order chi connectivity index (χ1) is 10.2. The van der Waals surface area contributed by atoms with Gasteiger partial charge in [-0.15, -0.1) is 37.1 Å². The monoisotopic (exact) mass is 443 g/mol. The van der Waals surface area contributed by atoms with Crippen LogP contribution >= 0.6 is 24.0 Å². The van der Waals surface area contributed by atoms with Crippen LogP contribution < -0.4 is 4.74 Å². The topological polar surface area (TPSA) is 28.1 Å². The lowest BCUT2D eigenvalue weighted by Gasteiger charge is -2.22. The van der Waals surface area contributed by atoms with Crippen LogP contribution in [-0.4, -0.2) is 56.4 Å². The van der Waals surface area contributed by atoms with Gasteiger partial charge in [0.15, 0.2) is 5.96 Å². The number of guanidine groups is 1. The zero-order valence-electron chi connectivity index (χ0n) is 13.5. The molecule has 0 aromatic heterocycles. The van der Waals surface area contributed by atoms with Crippen molar-refractivity contribution in [3.05, 3.63) is 29.8 Å². The number of ether oxygens (including phenoxy) is 1. The SMILES string of the molecule is CN(C)C(=NC1CC1c1ccccc1OC(F)(F)F)N(C)C.I. The van der Waals surface area contributed by atoms with Gasteiger partial charge in [-0.1, -0.05) is 18.2 Å². The minimum atomic E-state index is -4.68. The number of nitrogens with zero attached hydrogens (tertiary/aromatic N) is 3. The van der Waals surface area contributed by atoms with Crippen LogP contribution in [-0.2, 0) is 0 Å². The maximum Gasteiger partial charge on any atom is 0.573 e. The molecule has 1 aromatic carbocycles. The fourth-order valence-electron chi connectivity index (χ4n) is 2.44. The van der Waals surface area contributed by atoms with Crippen molar-refractivity contribution in [2.45, 2.75) is 24.7 Å². The quantitative estimate of drug-likeness (QED) is 0.407. The van der Waals surface area contributed by atoms with Crippen LogP contribution in [0.3, 0.4) is 0 Å². The van der Waals surface area contributed by atoms with Gasteiger partial charge in [-0.3, -0.25) is 0 Å². The maximum absolute atomic E-state index is 12.5. The molecule has 1 aromatic rings. The van der Waals surface area contributed by atoms with E-state index in [1.54, 1.807) is 12.1 Å². The molecular weight excluding hydrogens is 422 g/mol. The van der Waals surface area contributed by atoms with Gasteiger partial charge in [0.1, 0.15) is 5.75 Å². The van der Waals surface area contributed by atoms with E-state index < -0.39 is 6.36 Å². The second kappa shape index (κ2) is 7.59. The van der Waals surface area contributed by atoms with Crippen molar-refractivity contribution in [2.24, 2.45) is 4.99 Å². The standard InChI is InChI=1S/C15H20F3N3O.HI/c1-20(2)14(21(3)4)19-12-9-11(12)10-7-5-6-8-13(10)22-15(16,17)18;/h5-8,11-12H,9H2,1-4H3;1H. The molecule has 130 valence electrons. The number of rotatable bonds is 3. The first-order valence-corrected chi connectivity index (χ1v) is 6.96. The van der Waals surface area contributed by atoms with Crippen molar-refractivity contribution < 1.29 is 17.9 Å². The summed E-state index contributed by atoms with van der Waals surface area (Å²) in [5, 5.41) is 0. The molecular formula is C15H21F3IN3O. The van der Waals surface area contributed by atoms with Crippen LogP contribution in [0.15, 0.2) is 29.3 Å². The molecule has 8 heteroatoms. The lowest BCUT2D eigenvalue weighted by molar-refractivity contribution is -0.274. The summed E-state index contributed by atoms with van der Waals surface area (Å²) in [6, 6.07) is 6.26. The summed E-state index contributed by atoms with van der Waals surface area (Å²) in [6.07, 6.45) is -3.95. The Morgan fingerprint density at radius 2 is 1.70 bits per heavy atom. The minimum Gasteiger partial charge on any atom is -0.405 e. The van der Waals surface area contributed by atoms with Crippen molar-refractivity contribution in [1.29, 1.82) is 0 Å². The molecule has 4 nitrogen and oxygen atoms in total. The molecule has 23 heavy (non-hydrogen) atoms. The lowest BCUT2D eigenvalue weighted by atomic mass is 10.1. The maximum atomic E-state index is 12.5. The molecule has 0 aliphatic heterocycles. The van der Waals surface area contributed by atoms with E-state index in [-0.39, 0.29) is 41.7 Å². The van der Waals surface area contributed by atoms with E-state index >= 15 is 0 Å². The summed E-state index contributed by atoms with van der Waals surface area (Å²) in [4.78, 5) is 8.38. The molecule has 0 spiro atoms. The summed E-state index contributed by atoms with van der Waals surface area (Å²) in [5.41, 5.74) is 0.561. The summed E-state index contributed by atoms with van der Waals surface area (Å²) >= 11 is 0. The van der Waals surface area contributed by atoms with E-state index in [0.29, 0.717) is 5.56 Å². The molecule has 1 fully saturated rings. The van der Waals surface area contributed by atoms with E-state index in [1.165, 1.54) is 12.1 Å². The Balaban J connectivity index is 0.00000264. The summed E-state index contributed by atoms with van der Waals surface area (Å²) in [6.45, 7) is 0. The molecule has 0 heterocycles. The van der Waals surface area contributed by atoms with Crippen LogP contribution in [0.4, 0.5) is 13.2 Å². The van der Waals surface area contributed by atoms with Crippen LogP contribution in [0.2, 0.25) is 0 Å². The van der Waals surface area contributed by atoms with Gasteiger partial charge in [0.25, 0.3) is 0 Å². The Labute approximate surface area is 151 Å². The number of hydrogen-bond acceptors (Lipinski definition) is 2. The average Bonchev–Trinajstić information content (AvgIpc) is 3.13. The third-order valence-corrected chi connectivity index (χ3v) is 3.38. The van der Waals surface area contributed by atoms with E-state index in [1.807, 2.05) is 38.0 Å². The highest BCUT2D eigenvalue weighted by Crippen LogP contribution is 2.47. The zero-order chi connectivity index (χ0) is 16.5. The van der Waals surface area contributed by atoms with Crippen molar-refractivity contribution in [2.75, 3.05) is 28.2 Å². The summed E-state index contributed by atoms with van der Waals surface area (Å²) in [5.74, 6) is 0.629. The largest absolute Gasteiger partial charge is 0.573 e. The number of para-hydroxylation sites is 1. The summed E-state index contributed by atoms with van der Waals surface area (Å²) < 4.78 is 41.5. The molecule has 0 bridgehead atoms. The normalized spacial score (nSPS) is 19.4. The summed E-state index contributed by atoms with van der Waals surface area (Å²) in [7, 11) is 7.54. The number of alkyl halides is 3. The molecule has 2 unspecified atom stereocenters. The predicted octanol–water partition coefficient (Wildman–Crippen LogP) is 3.54. The molecule has 0 radical (unpaired) electrons. The third-order valence-electron chi connectivity index (χ3n) is 3.38.